The highest BCUT2D eigenvalue weighted by molar-refractivity contribution is 6.31. The Labute approximate surface area is 192 Å². The first kappa shape index (κ1) is 21.9. The number of benzene rings is 2. The lowest BCUT2D eigenvalue weighted by Crippen LogP contribution is -2.47. The molecule has 3 aromatic rings. The van der Waals surface area contributed by atoms with Crippen LogP contribution in [0.5, 0.6) is 11.5 Å². The van der Waals surface area contributed by atoms with E-state index in [1.165, 1.54) is 0 Å². The van der Waals surface area contributed by atoms with E-state index in [0.717, 1.165) is 43.3 Å². The second-order valence-electron chi connectivity index (χ2n) is 7.91. The van der Waals surface area contributed by atoms with Crippen LogP contribution in [0.15, 0.2) is 42.5 Å². The van der Waals surface area contributed by atoms with E-state index in [9.17, 15) is 4.79 Å². The lowest BCUT2D eigenvalue weighted by molar-refractivity contribution is 0.0664. The van der Waals surface area contributed by atoms with Crippen molar-refractivity contribution in [1.29, 1.82) is 5.26 Å². The number of carbonyl (C=O) groups excluding carboxylic acids is 1. The number of nitriles is 1. The zero-order valence-electron chi connectivity index (χ0n) is 18.3. The van der Waals surface area contributed by atoms with Crippen LogP contribution in [0.25, 0.3) is 5.69 Å². The molecule has 1 amide bonds. The number of hydrogen-bond donors (Lipinski definition) is 0. The molecule has 2 aromatic carbocycles. The summed E-state index contributed by atoms with van der Waals surface area (Å²) in [6.45, 7) is 7.04. The molecule has 1 aromatic heterocycles. The van der Waals surface area contributed by atoms with E-state index < -0.39 is 0 Å². The van der Waals surface area contributed by atoms with Gasteiger partial charge in [0.05, 0.1) is 22.0 Å². The molecular weight excluding hydrogens is 426 g/mol. The Morgan fingerprint density at radius 3 is 2.41 bits per heavy atom. The normalized spacial score (nSPS) is 14.3. The van der Waals surface area contributed by atoms with Crippen LogP contribution in [0.1, 0.15) is 27.3 Å². The van der Waals surface area contributed by atoms with Crippen LogP contribution in [0.4, 0.5) is 0 Å². The highest BCUT2D eigenvalue weighted by Gasteiger charge is 2.21. The van der Waals surface area contributed by atoms with Crippen molar-refractivity contribution in [2.75, 3.05) is 33.2 Å². The maximum atomic E-state index is 12.7. The molecule has 7 nitrogen and oxygen atoms in total. The van der Waals surface area contributed by atoms with Gasteiger partial charge >= 0.3 is 0 Å². The van der Waals surface area contributed by atoms with E-state index in [1.54, 1.807) is 47.1 Å². The molecule has 2 heterocycles. The smallest absolute Gasteiger partial charge is 0.253 e. The number of ether oxygens (including phenoxy) is 1. The fourth-order valence-corrected chi connectivity index (χ4v) is 3.95. The molecule has 0 bridgehead atoms. The summed E-state index contributed by atoms with van der Waals surface area (Å²) in [4.78, 5) is 16.8. The number of carbonyl (C=O) groups is 1. The standard InChI is InChI=1S/C24H24ClN5O2/c1-16-23(17(2)30(27-16)20-7-4-19(15-26)22(25)14-20)32-21-8-5-18(6-9-21)24(31)29-12-10-28(3)11-13-29/h4-9,14H,10-13H2,1-3H3. The molecule has 1 aliphatic rings. The molecule has 0 atom stereocenters. The van der Waals surface area contributed by atoms with Gasteiger partial charge in [0, 0.05) is 31.7 Å². The topological polar surface area (TPSA) is 74.4 Å². The van der Waals surface area contributed by atoms with Crippen molar-refractivity contribution in [2.24, 2.45) is 0 Å². The minimum absolute atomic E-state index is 0.0440. The maximum absolute atomic E-state index is 12.7. The summed E-state index contributed by atoms with van der Waals surface area (Å²) in [7, 11) is 2.07. The quantitative estimate of drug-likeness (QED) is 0.597. The minimum atomic E-state index is 0.0440. The number of aromatic nitrogens is 2. The first-order valence-corrected chi connectivity index (χ1v) is 10.8. The summed E-state index contributed by atoms with van der Waals surface area (Å²) >= 11 is 6.18. The van der Waals surface area contributed by atoms with Gasteiger partial charge in [0.25, 0.3) is 5.91 Å². The number of piperazine rings is 1. The molecule has 0 aliphatic carbocycles. The fraction of sp³-hybridized carbons (Fsp3) is 0.292. The SMILES string of the molecule is Cc1nn(-c2ccc(C#N)c(Cl)c2)c(C)c1Oc1ccc(C(=O)N2CCN(C)CC2)cc1. The van der Waals surface area contributed by atoms with E-state index in [1.807, 2.05) is 18.7 Å². The molecule has 1 saturated heterocycles. The maximum Gasteiger partial charge on any atom is 0.253 e. The number of amides is 1. The second-order valence-corrected chi connectivity index (χ2v) is 8.32. The zero-order valence-corrected chi connectivity index (χ0v) is 19.1. The molecule has 0 unspecified atom stereocenters. The van der Waals surface area contributed by atoms with Gasteiger partial charge in [-0.3, -0.25) is 4.79 Å². The van der Waals surface area contributed by atoms with Crippen LogP contribution < -0.4 is 4.74 Å². The van der Waals surface area contributed by atoms with Gasteiger partial charge in [0.1, 0.15) is 17.5 Å². The monoisotopic (exact) mass is 449 g/mol. The van der Waals surface area contributed by atoms with Gasteiger partial charge in [-0.05, 0) is 63.4 Å². The van der Waals surface area contributed by atoms with Gasteiger partial charge in [-0.1, -0.05) is 11.6 Å². The van der Waals surface area contributed by atoms with Crippen LogP contribution in [-0.4, -0.2) is 58.7 Å². The van der Waals surface area contributed by atoms with Crippen LogP contribution in [-0.2, 0) is 0 Å². The van der Waals surface area contributed by atoms with Crippen molar-refractivity contribution in [3.8, 4) is 23.3 Å². The Kier molecular flexibility index (Phi) is 6.17. The van der Waals surface area contributed by atoms with E-state index in [-0.39, 0.29) is 5.91 Å². The summed E-state index contributed by atoms with van der Waals surface area (Å²) in [5.74, 6) is 1.31. The first-order chi connectivity index (χ1) is 15.4. The Balaban J connectivity index is 1.52. The molecule has 0 radical (unpaired) electrons. The molecular formula is C24H24ClN5O2. The molecule has 1 fully saturated rings. The largest absolute Gasteiger partial charge is 0.453 e. The average Bonchev–Trinajstić information content (AvgIpc) is 3.08. The highest BCUT2D eigenvalue weighted by atomic mass is 35.5. The average molecular weight is 450 g/mol. The van der Waals surface area contributed by atoms with Crippen LogP contribution >= 0.6 is 11.6 Å². The summed E-state index contributed by atoms with van der Waals surface area (Å²) in [6.07, 6.45) is 0. The van der Waals surface area contributed by atoms with Crippen LogP contribution in [0, 0.1) is 25.2 Å². The Morgan fingerprint density at radius 1 is 1.09 bits per heavy atom. The third kappa shape index (κ3) is 4.33. The van der Waals surface area contributed by atoms with Crippen LogP contribution in [0.3, 0.4) is 0 Å². The van der Waals surface area contributed by atoms with Crippen molar-refractivity contribution in [3.05, 3.63) is 70.0 Å². The number of aryl methyl sites for hydroxylation is 1. The van der Waals surface area contributed by atoms with E-state index >= 15 is 0 Å². The van der Waals surface area contributed by atoms with Gasteiger partial charge < -0.3 is 14.5 Å². The third-order valence-corrected chi connectivity index (χ3v) is 5.97. The fourth-order valence-electron chi connectivity index (χ4n) is 3.73. The minimum Gasteiger partial charge on any atom is -0.453 e. The summed E-state index contributed by atoms with van der Waals surface area (Å²) in [5, 5.41) is 14.0. The zero-order chi connectivity index (χ0) is 22.8. The van der Waals surface area contributed by atoms with Crippen molar-refractivity contribution in [2.45, 2.75) is 13.8 Å². The van der Waals surface area contributed by atoms with E-state index in [0.29, 0.717) is 27.6 Å². The molecule has 164 valence electrons. The molecule has 0 saturated carbocycles. The molecule has 0 spiro atoms. The third-order valence-electron chi connectivity index (χ3n) is 5.65. The number of nitrogens with zero attached hydrogens (tertiary/aromatic N) is 5. The van der Waals surface area contributed by atoms with Crippen molar-refractivity contribution < 1.29 is 9.53 Å². The molecule has 8 heteroatoms. The van der Waals surface area contributed by atoms with Gasteiger partial charge in [-0.25, -0.2) is 4.68 Å². The van der Waals surface area contributed by atoms with Gasteiger partial charge in [-0.2, -0.15) is 10.4 Å². The van der Waals surface area contributed by atoms with Crippen LogP contribution in [0.2, 0.25) is 5.02 Å². The lowest BCUT2D eigenvalue weighted by atomic mass is 10.1. The number of hydrogen-bond acceptors (Lipinski definition) is 5. The van der Waals surface area contributed by atoms with Crippen molar-refractivity contribution in [3.63, 3.8) is 0 Å². The summed E-state index contributed by atoms with van der Waals surface area (Å²) in [6, 6.07) is 14.4. The Hall–Kier alpha value is -3.34. The van der Waals surface area contributed by atoms with E-state index in [2.05, 4.69) is 23.1 Å². The predicted octanol–water partition coefficient (Wildman–Crippen LogP) is 4.19. The summed E-state index contributed by atoms with van der Waals surface area (Å²) < 4.78 is 7.85. The van der Waals surface area contributed by atoms with Gasteiger partial charge in [-0.15, -0.1) is 0 Å². The molecule has 0 N–H and O–H groups in total. The number of rotatable bonds is 4. The molecule has 1 aliphatic heterocycles. The second kappa shape index (κ2) is 9.03. The predicted molar refractivity (Wildman–Crippen MR) is 123 cm³/mol. The summed E-state index contributed by atoms with van der Waals surface area (Å²) in [5.41, 5.74) is 3.34. The lowest BCUT2D eigenvalue weighted by Gasteiger charge is -2.32. The number of halogens is 1. The Morgan fingerprint density at radius 2 is 1.78 bits per heavy atom. The van der Waals surface area contributed by atoms with Crippen molar-refractivity contribution in [1.82, 2.24) is 19.6 Å². The molecule has 32 heavy (non-hydrogen) atoms. The first-order valence-electron chi connectivity index (χ1n) is 10.4. The van der Waals surface area contributed by atoms with Gasteiger partial charge in [0.2, 0.25) is 0 Å². The number of likely N-dealkylation sites (N-methyl/N-ethyl adjacent to an activating group) is 1. The Bertz CT molecular complexity index is 1190. The van der Waals surface area contributed by atoms with E-state index in [4.69, 9.17) is 21.6 Å². The highest BCUT2D eigenvalue weighted by Crippen LogP contribution is 2.31. The van der Waals surface area contributed by atoms with Gasteiger partial charge in [0.15, 0.2) is 5.75 Å². The molecule has 4 rings (SSSR count). The van der Waals surface area contributed by atoms with Crippen molar-refractivity contribution >= 4 is 17.5 Å².